The molecule has 1 aliphatic rings. The number of rotatable bonds is 4. The summed E-state index contributed by atoms with van der Waals surface area (Å²) in [6.45, 7) is 0.0709. The van der Waals surface area contributed by atoms with Gasteiger partial charge in [0, 0.05) is 6.42 Å². The molecule has 1 aliphatic carbocycles. The fourth-order valence-electron chi connectivity index (χ4n) is 1.91. The molecule has 0 fully saturated rings. The Balaban J connectivity index is 2.03. The Bertz CT molecular complexity index is 338. The topological polar surface area (TPSA) is 29.5 Å². The lowest BCUT2D eigenvalue weighted by atomic mass is 10.1. The van der Waals surface area contributed by atoms with Crippen LogP contribution in [0.5, 0.6) is 5.75 Å². The minimum atomic E-state index is -0.344. The third-order valence-electron chi connectivity index (χ3n) is 2.71. The molecule has 0 saturated carbocycles. The summed E-state index contributed by atoms with van der Waals surface area (Å²) in [4.78, 5) is 0. The normalized spacial score (nSPS) is 18.9. The molecular weight excluding hydrogens is 195 g/mol. The molecule has 0 aliphatic heterocycles. The maximum atomic E-state index is 11.9. The molecule has 0 aromatic heterocycles. The zero-order chi connectivity index (χ0) is 10.7. The standard InChI is InChI=1S/C12H15FO2/c13-6-1-7-15-10-3-4-11-9(8-10)2-5-12(11)14/h3-4,8,12,14H,1-2,5-7H2/t12-/m1/s1. The van der Waals surface area contributed by atoms with Crippen molar-refractivity contribution in [2.45, 2.75) is 25.4 Å². The highest BCUT2D eigenvalue weighted by atomic mass is 19.1. The predicted octanol–water partition coefficient (Wildman–Crippen LogP) is 2.40. The van der Waals surface area contributed by atoms with Crippen molar-refractivity contribution in [1.29, 1.82) is 0 Å². The van der Waals surface area contributed by atoms with Crippen molar-refractivity contribution in [2.24, 2.45) is 0 Å². The van der Waals surface area contributed by atoms with E-state index in [0.29, 0.717) is 13.0 Å². The van der Waals surface area contributed by atoms with Gasteiger partial charge in [-0.2, -0.15) is 0 Å². The number of benzene rings is 1. The van der Waals surface area contributed by atoms with E-state index in [-0.39, 0.29) is 12.8 Å². The van der Waals surface area contributed by atoms with Crippen LogP contribution in [0.25, 0.3) is 0 Å². The van der Waals surface area contributed by atoms with Gasteiger partial charge in [-0.05, 0) is 36.1 Å². The van der Waals surface area contributed by atoms with Gasteiger partial charge in [-0.3, -0.25) is 4.39 Å². The van der Waals surface area contributed by atoms with E-state index in [1.54, 1.807) is 0 Å². The molecule has 1 aromatic carbocycles. The van der Waals surface area contributed by atoms with E-state index in [4.69, 9.17) is 4.74 Å². The Morgan fingerprint density at radius 2 is 2.33 bits per heavy atom. The molecule has 2 rings (SSSR count). The van der Waals surface area contributed by atoms with Crippen molar-refractivity contribution in [3.8, 4) is 5.75 Å². The highest BCUT2D eigenvalue weighted by Gasteiger charge is 2.20. The maximum Gasteiger partial charge on any atom is 0.119 e. The summed E-state index contributed by atoms with van der Waals surface area (Å²) < 4.78 is 17.2. The fraction of sp³-hybridized carbons (Fsp3) is 0.500. The summed E-state index contributed by atoms with van der Waals surface area (Å²) in [6, 6.07) is 5.69. The van der Waals surface area contributed by atoms with Gasteiger partial charge in [-0.25, -0.2) is 0 Å². The molecule has 0 heterocycles. The van der Waals surface area contributed by atoms with E-state index in [1.807, 2.05) is 18.2 Å². The summed E-state index contributed by atoms with van der Waals surface area (Å²) in [5, 5.41) is 9.60. The van der Waals surface area contributed by atoms with Crippen LogP contribution in [0, 0.1) is 0 Å². The smallest absolute Gasteiger partial charge is 0.119 e. The molecule has 1 aromatic rings. The lowest BCUT2D eigenvalue weighted by Crippen LogP contribution is -1.99. The molecule has 1 atom stereocenters. The molecule has 0 radical (unpaired) electrons. The second-order valence-electron chi connectivity index (χ2n) is 3.81. The number of hydrogen-bond donors (Lipinski definition) is 1. The van der Waals surface area contributed by atoms with E-state index >= 15 is 0 Å². The van der Waals surface area contributed by atoms with Gasteiger partial charge in [0.2, 0.25) is 0 Å². The highest BCUT2D eigenvalue weighted by molar-refractivity contribution is 5.39. The van der Waals surface area contributed by atoms with Crippen molar-refractivity contribution < 1.29 is 14.2 Å². The van der Waals surface area contributed by atoms with Crippen LogP contribution < -0.4 is 4.74 Å². The number of aliphatic hydroxyl groups is 1. The summed E-state index contributed by atoms with van der Waals surface area (Å²) in [5.41, 5.74) is 2.16. The number of hydrogen-bond acceptors (Lipinski definition) is 2. The van der Waals surface area contributed by atoms with E-state index in [1.165, 1.54) is 0 Å². The summed E-state index contributed by atoms with van der Waals surface area (Å²) >= 11 is 0. The molecule has 15 heavy (non-hydrogen) atoms. The van der Waals surface area contributed by atoms with Crippen LogP contribution in [0.1, 0.15) is 30.1 Å². The number of fused-ring (bicyclic) bond motifs is 1. The molecule has 3 heteroatoms. The van der Waals surface area contributed by atoms with Crippen molar-refractivity contribution in [3.05, 3.63) is 29.3 Å². The Morgan fingerprint density at radius 3 is 3.13 bits per heavy atom. The lowest BCUT2D eigenvalue weighted by molar-refractivity contribution is 0.180. The Kier molecular flexibility index (Phi) is 3.21. The fourth-order valence-corrected chi connectivity index (χ4v) is 1.91. The first kappa shape index (κ1) is 10.4. The average molecular weight is 210 g/mol. The van der Waals surface area contributed by atoms with Crippen LogP contribution in [0.15, 0.2) is 18.2 Å². The first-order valence-electron chi connectivity index (χ1n) is 5.31. The van der Waals surface area contributed by atoms with Crippen LogP contribution >= 0.6 is 0 Å². The van der Waals surface area contributed by atoms with Crippen LogP contribution in [0.2, 0.25) is 0 Å². The first-order chi connectivity index (χ1) is 7.31. The molecule has 0 amide bonds. The maximum absolute atomic E-state index is 11.9. The second kappa shape index (κ2) is 4.62. The Morgan fingerprint density at radius 1 is 1.47 bits per heavy atom. The van der Waals surface area contributed by atoms with E-state index < -0.39 is 0 Å². The lowest BCUT2D eigenvalue weighted by Gasteiger charge is -2.08. The second-order valence-corrected chi connectivity index (χ2v) is 3.81. The first-order valence-corrected chi connectivity index (χ1v) is 5.31. The molecule has 0 unspecified atom stereocenters. The molecule has 2 nitrogen and oxygen atoms in total. The SMILES string of the molecule is O[C@@H]1CCc2cc(OCCCF)ccc21. The number of ether oxygens (including phenoxy) is 1. The number of aryl methyl sites for hydroxylation is 1. The number of halogens is 1. The van der Waals surface area contributed by atoms with Gasteiger partial charge >= 0.3 is 0 Å². The third-order valence-corrected chi connectivity index (χ3v) is 2.71. The van der Waals surface area contributed by atoms with Crippen molar-refractivity contribution in [2.75, 3.05) is 13.3 Å². The van der Waals surface area contributed by atoms with Gasteiger partial charge in [0.05, 0.1) is 19.4 Å². The molecule has 82 valence electrons. The Hall–Kier alpha value is -1.09. The van der Waals surface area contributed by atoms with E-state index in [2.05, 4.69) is 0 Å². The largest absolute Gasteiger partial charge is 0.493 e. The quantitative estimate of drug-likeness (QED) is 0.773. The van der Waals surface area contributed by atoms with E-state index in [9.17, 15) is 9.50 Å². The van der Waals surface area contributed by atoms with Crippen LogP contribution in [0.3, 0.4) is 0 Å². The minimum Gasteiger partial charge on any atom is -0.493 e. The Labute approximate surface area is 88.7 Å². The minimum absolute atomic E-state index is 0.320. The van der Waals surface area contributed by atoms with Crippen molar-refractivity contribution in [3.63, 3.8) is 0 Å². The van der Waals surface area contributed by atoms with Crippen LogP contribution in [-0.4, -0.2) is 18.4 Å². The van der Waals surface area contributed by atoms with Gasteiger partial charge < -0.3 is 9.84 Å². The monoisotopic (exact) mass is 210 g/mol. The van der Waals surface area contributed by atoms with Crippen LogP contribution in [-0.2, 0) is 6.42 Å². The summed E-state index contributed by atoms with van der Waals surface area (Å²) in [7, 11) is 0. The van der Waals surface area contributed by atoms with E-state index in [0.717, 1.165) is 29.7 Å². The molecular formula is C12H15FO2. The summed E-state index contributed by atoms with van der Waals surface area (Å²) in [5.74, 6) is 0.774. The molecule has 0 saturated heterocycles. The third kappa shape index (κ3) is 2.29. The zero-order valence-electron chi connectivity index (χ0n) is 8.58. The van der Waals surface area contributed by atoms with Gasteiger partial charge in [-0.15, -0.1) is 0 Å². The van der Waals surface area contributed by atoms with Crippen LogP contribution in [0.4, 0.5) is 4.39 Å². The zero-order valence-corrected chi connectivity index (χ0v) is 8.58. The van der Waals surface area contributed by atoms with Gasteiger partial charge in [0.15, 0.2) is 0 Å². The molecule has 0 bridgehead atoms. The van der Waals surface area contributed by atoms with Gasteiger partial charge in [-0.1, -0.05) is 6.07 Å². The molecule has 1 N–H and O–H groups in total. The molecule has 0 spiro atoms. The van der Waals surface area contributed by atoms with Crippen molar-refractivity contribution in [1.82, 2.24) is 0 Å². The van der Waals surface area contributed by atoms with Gasteiger partial charge in [0.25, 0.3) is 0 Å². The predicted molar refractivity (Wildman–Crippen MR) is 55.8 cm³/mol. The highest BCUT2D eigenvalue weighted by Crippen LogP contribution is 2.33. The average Bonchev–Trinajstić information content (AvgIpc) is 2.61. The van der Waals surface area contributed by atoms with Gasteiger partial charge in [0.1, 0.15) is 5.75 Å². The number of alkyl halides is 1. The summed E-state index contributed by atoms with van der Waals surface area (Å²) in [6.07, 6.45) is 1.81. The number of aliphatic hydroxyl groups excluding tert-OH is 1. The van der Waals surface area contributed by atoms with Crippen molar-refractivity contribution >= 4 is 0 Å².